The van der Waals surface area contributed by atoms with Gasteiger partial charge in [0, 0.05) is 14.1 Å². The van der Waals surface area contributed by atoms with E-state index in [1.165, 1.54) is 18.4 Å². The van der Waals surface area contributed by atoms with Gasteiger partial charge in [-0.1, -0.05) is 42.5 Å². The Hall–Kier alpha value is -1.36. The van der Waals surface area contributed by atoms with E-state index in [-0.39, 0.29) is 12.4 Å². The van der Waals surface area contributed by atoms with E-state index in [9.17, 15) is 8.42 Å². The summed E-state index contributed by atoms with van der Waals surface area (Å²) in [5, 5.41) is 0. The third-order valence-corrected chi connectivity index (χ3v) is 4.57. The molecular weight excluding hydrogens is 282 g/mol. The molecule has 102 valence electrons. The summed E-state index contributed by atoms with van der Waals surface area (Å²) in [4.78, 5) is 0.312. The number of hydrogen-bond donors (Lipinski definition) is 0. The first kappa shape index (κ1) is 15.7. The molecule has 2 aromatic carbocycles. The molecule has 3 nitrogen and oxygen atoms in total. The Labute approximate surface area is 120 Å². The second kappa shape index (κ2) is 6.19. The second-order valence-electron chi connectivity index (χ2n) is 4.18. The minimum Gasteiger partial charge on any atom is -0.207 e. The van der Waals surface area contributed by atoms with Crippen molar-refractivity contribution < 1.29 is 8.42 Å². The summed E-state index contributed by atoms with van der Waals surface area (Å²) >= 11 is 0. The Morgan fingerprint density at radius 1 is 0.789 bits per heavy atom. The molecule has 5 heteroatoms. The maximum atomic E-state index is 11.9. The Balaban J connectivity index is 0.00000180. The molecule has 0 atom stereocenters. The van der Waals surface area contributed by atoms with E-state index in [4.69, 9.17) is 0 Å². The van der Waals surface area contributed by atoms with Crippen LogP contribution in [0.4, 0.5) is 0 Å². The smallest absolute Gasteiger partial charge is 0.207 e. The lowest BCUT2D eigenvalue weighted by atomic mass is 10.1. The van der Waals surface area contributed by atoms with Crippen molar-refractivity contribution in [2.24, 2.45) is 0 Å². The standard InChI is InChI=1S/C14H15NO2S.ClH/c1-15(2)18(16,17)14-10-8-13(9-11-14)12-6-4-3-5-7-12;/h3-11H,1-2H3;1H. The van der Waals surface area contributed by atoms with Gasteiger partial charge in [0.1, 0.15) is 0 Å². The molecule has 0 saturated heterocycles. The molecule has 0 heterocycles. The summed E-state index contributed by atoms with van der Waals surface area (Å²) in [6, 6.07) is 16.8. The Kier molecular flexibility index (Phi) is 5.11. The quantitative estimate of drug-likeness (QED) is 0.873. The molecule has 0 aliphatic carbocycles. The third kappa shape index (κ3) is 3.35. The fraction of sp³-hybridized carbons (Fsp3) is 0.143. The highest BCUT2D eigenvalue weighted by Crippen LogP contribution is 2.21. The summed E-state index contributed by atoms with van der Waals surface area (Å²) in [7, 11) is -0.286. The Morgan fingerprint density at radius 3 is 1.74 bits per heavy atom. The van der Waals surface area contributed by atoms with Gasteiger partial charge in [0.05, 0.1) is 4.90 Å². The van der Waals surface area contributed by atoms with Crippen LogP contribution in [0, 0.1) is 0 Å². The molecule has 0 spiro atoms. The van der Waals surface area contributed by atoms with Crippen LogP contribution in [0.15, 0.2) is 59.5 Å². The largest absolute Gasteiger partial charge is 0.242 e. The molecule has 0 fully saturated rings. The van der Waals surface area contributed by atoms with Crippen molar-refractivity contribution in [1.82, 2.24) is 4.31 Å². The zero-order chi connectivity index (χ0) is 13.2. The molecule has 0 N–H and O–H groups in total. The fourth-order valence-electron chi connectivity index (χ4n) is 1.66. The average Bonchev–Trinajstić information content (AvgIpc) is 2.40. The van der Waals surface area contributed by atoms with Gasteiger partial charge >= 0.3 is 0 Å². The van der Waals surface area contributed by atoms with E-state index in [1.807, 2.05) is 42.5 Å². The van der Waals surface area contributed by atoms with Crippen LogP contribution in [0.25, 0.3) is 11.1 Å². The van der Waals surface area contributed by atoms with E-state index in [0.29, 0.717) is 4.90 Å². The number of sulfonamides is 1. The summed E-state index contributed by atoms with van der Waals surface area (Å²) in [5.41, 5.74) is 2.08. The zero-order valence-electron chi connectivity index (χ0n) is 10.8. The van der Waals surface area contributed by atoms with Gasteiger partial charge in [0.2, 0.25) is 10.0 Å². The van der Waals surface area contributed by atoms with E-state index in [0.717, 1.165) is 11.1 Å². The molecule has 2 aromatic rings. The van der Waals surface area contributed by atoms with Gasteiger partial charge in [-0.3, -0.25) is 0 Å². The average molecular weight is 298 g/mol. The van der Waals surface area contributed by atoms with Crippen molar-refractivity contribution in [3.63, 3.8) is 0 Å². The van der Waals surface area contributed by atoms with Gasteiger partial charge in [-0.15, -0.1) is 12.4 Å². The van der Waals surface area contributed by atoms with Crippen LogP contribution in [0.2, 0.25) is 0 Å². The van der Waals surface area contributed by atoms with Crippen LogP contribution >= 0.6 is 12.4 Å². The van der Waals surface area contributed by atoms with Crippen LogP contribution in [0.1, 0.15) is 0 Å². The van der Waals surface area contributed by atoms with Gasteiger partial charge in [-0.25, -0.2) is 12.7 Å². The normalized spacial score (nSPS) is 11.1. The monoisotopic (exact) mass is 297 g/mol. The van der Waals surface area contributed by atoms with Crippen LogP contribution in [0.3, 0.4) is 0 Å². The van der Waals surface area contributed by atoms with Gasteiger partial charge < -0.3 is 0 Å². The molecule has 0 saturated carbocycles. The van der Waals surface area contributed by atoms with Crippen LogP contribution in [0.5, 0.6) is 0 Å². The van der Waals surface area contributed by atoms with E-state index < -0.39 is 10.0 Å². The van der Waals surface area contributed by atoms with Crippen LogP contribution in [-0.2, 0) is 10.0 Å². The minimum absolute atomic E-state index is 0. The fourth-order valence-corrected chi connectivity index (χ4v) is 2.56. The number of rotatable bonds is 3. The molecule has 0 bridgehead atoms. The van der Waals surface area contributed by atoms with E-state index in [1.54, 1.807) is 12.1 Å². The summed E-state index contributed by atoms with van der Waals surface area (Å²) < 4.78 is 25.0. The molecular formula is C14H16ClNO2S. The van der Waals surface area contributed by atoms with Crippen molar-refractivity contribution in [3.8, 4) is 11.1 Å². The lowest BCUT2D eigenvalue weighted by Gasteiger charge is -2.11. The first-order valence-corrected chi connectivity index (χ1v) is 7.04. The zero-order valence-corrected chi connectivity index (χ0v) is 12.4. The van der Waals surface area contributed by atoms with Crippen LogP contribution in [-0.4, -0.2) is 26.8 Å². The number of hydrogen-bond acceptors (Lipinski definition) is 2. The first-order valence-electron chi connectivity index (χ1n) is 5.60. The topological polar surface area (TPSA) is 37.4 Å². The van der Waals surface area contributed by atoms with E-state index >= 15 is 0 Å². The van der Waals surface area contributed by atoms with Gasteiger partial charge in [0.25, 0.3) is 0 Å². The predicted octanol–water partition coefficient (Wildman–Crippen LogP) is 3.03. The predicted molar refractivity (Wildman–Crippen MR) is 80.0 cm³/mol. The molecule has 0 radical (unpaired) electrons. The van der Waals surface area contributed by atoms with Gasteiger partial charge in [0.15, 0.2) is 0 Å². The van der Waals surface area contributed by atoms with Crippen molar-refractivity contribution in [1.29, 1.82) is 0 Å². The molecule has 0 aromatic heterocycles. The van der Waals surface area contributed by atoms with E-state index in [2.05, 4.69) is 0 Å². The molecule has 0 amide bonds. The SMILES string of the molecule is CN(C)S(=O)(=O)c1ccc(-c2ccccc2)cc1.Cl. The molecule has 19 heavy (non-hydrogen) atoms. The number of nitrogens with zero attached hydrogens (tertiary/aromatic N) is 1. The maximum Gasteiger partial charge on any atom is 0.242 e. The third-order valence-electron chi connectivity index (χ3n) is 2.74. The van der Waals surface area contributed by atoms with Crippen LogP contribution < -0.4 is 0 Å². The molecule has 0 aliphatic rings. The van der Waals surface area contributed by atoms with Crippen molar-refractivity contribution in [2.45, 2.75) is 4.90 Å². The molecule has 0 aliphatic heterocycles. The minimum atomic E-state index is -3.34. The first-order chi connectivity index (χ1) is 8.51. The summed E-state index contributed by atoms with van der Waals surface area (Å²) in [6.45, 7) is 0. The summed E-state index contributed by atoms with van der Waals surface area (Å²) in [6.07, 6.45) is 0. The second-order valence-corrected chi connectivity index (χ2v) is 6.33. The number of halogens is 1. The highest BCUT2D eigenvalue weighted by Gasteiger charge is 2.16. The highest BCUT2D eigenvalue weighted by molar-refractivity contribution is 7.89. The summed E-state index contributed by atoms with van der Waals surface area (Å²) in [5.74, 6) is 0. The lowest BCUT2D eigenvalue weighted by Crippen LogP contribution is -2.22. The Morgan fingerprint density at radius 2 is 1.26 bits per heavy atom. The highest BCUT2D eigenvalue weighted by atomic mass is 35.5. The molecule has 2 rings (SSSR count). The number of benzene rings is 2. The van der Waals surface area contributed by atoms with Crippen molar-refractivity contribution in [3.05, 3.63) is 54.6 Å². The van der Waals surface area contributed by atoms with Gasteiger partial charge in [-0.2, -0.15) is 0 Å². The molecule has 0 unspecified atom stereocenters. The van der Waals surface area contributed by atoms with Gasteiger partial charge in [-0.05, 0) is 23.3 Å². The Bertz CT molecular complexity index is 622. The maximum absolute atomic E-state index is 11.9. The lowest BCUT2D eigenvalue weighted by molar-refractivity contribution is 0.521. The van der Waals surface area contributed by atoms with Crippen molar-refractivity contribution >= 4 is 22.4 Å². The van der Waals surface area contributed by atoms with Crippen molar-refractivity contribution in [2.75, 3.05) is 14.1 Å².